The molecule has 3 rings (SSSR count). The number of ether oxygens (including phenoxy) is 1. The largest absolute Gasteiger partial charge is 0.496 e. The second kappa shape index (κ2) is 9.20. The highest BCUT2D eigenvalue weighted by atomic mass is 16.5. The summed E-state index contributed by atoms with van der Waals surface area (Å²) in [7, 11) is 1.57. The molecule has 0 aliphatic carbocycles. The fourth-order valence-corrected chi connectivity index (χ4v) is 3.71. The SMILES string of the molecule is COc1ccccc1C(=O)NC1CCN(c2ccccc2C(=O)NC(C)(C)C)CC1. The van der Waals surface area contributed by atoms with Crippen molar-refractivity contribution in [3.8, 4) is 5.75 Å². The van der Waals surface area contributed by atoms with Crippen LogP contribution >= 0.6 is 0 Å². The Labute approximate surface area is 178 Å². The first kappa shape index (κ1) is 21.7. The van der Waals surface area contributed by atoms with E-state index in [1.807, 2.05) is 57.2 Å². The minimum absolute atomic E-state index is 0.0651. The highest BCUT2D eigenvalue weighted by Crippen LogP contribution is 2.25. The summed E-state index contributed by atoms with van der Waals surface area (Å²) in [6, 6.07) is 15.0. The van der Waals surface area contributed by atoms with Gasteiger partial charge in [0.2, 0.25) is 0 Å². The van der Waals surface area contributed by atoms with Crippen LogP contribution in [0, 0.1) is 0 Å². The molecule has 0 saturated carbocycles. The molecule has 1 aliphatic rings. The Kier molecular flexibility index (Phi) is 6.65. The Balaban J connectivity index is 1.64. The van der Waals surface area contributed by atoms with Crippen LogP contribution in [0.2, 0.25) is 0 Å². The van der Waals surface area contributed by atoms with E-state index in [0.717, 1.165) is 31.6 Å². The average molecular weight is 410 g/mol. The molecule has 0 radical (unpaired) electrons. The number of carbonyl (C=O) groups excluding carboxylic acids is 2. The number of anilines is 1. The van der Waals surface area contributed by atoms with Crippen molar-refractivity contribution in [1.29, 1.82) is 0 Å². The van der Waals surface area contributed by atoms with Crippen LogP contribution < -0.4 is 20.3 Å². The van der Waals surface area contributed by atoms with E-state index < -0.39 is 0 Å². The lowest BCUT2D eigenvalue weighted by Gasteiger charge is -2.35. The Bertz CT molecular complexity index is 897. The van der Waals surface area contributed by atoms with Crippen molar-refractivity contribution in [2.75, 3.05) is 25.1 Å². The number of piperidine rings is 1. The van der Waals surface area contributed by atoms with Crippen molar-refractivity contribution in [2.24, 2.45) is 0 Å². The van der Waals surface area contributed by atoms with E-state index in [0.29, 0.717) is 16.9 Å². The second-order valence-electron chi connectivity index (χ2n) is 8.66. The first-order chi connectivity index (χ1) is 14.3. The summed E-state index contributed by atoms with van der Waals surface area (Å²) >= 11 is 0. The van der Waals surface area contributed by atoms with Gasteiger partial charge in [-0.05, 0) is 57.9 Å². The van der Waals surface area contributed by atoms with E-state index in [1.54, 1.807) is 19.2 Å². The van der Waals surface area contributed by atoms with Gasteiger partial charge < -0.3 is 20.3 Å². The molecule has 6 nitrogen and oxygen atoms in total. The number of amides is 2. The van der Waals surface area contributed by atoms with E-state index in [1.165, 1.54) is 0 Å². The van der Waals surface area contributed by atoms with E-state index in [-0.39, 0.29) is 23.4 Å². The minimum Gasteiger partial charge on any atom is -0.496 e. The van der Waals surface area contributed by atoms with Gasteiger partial charge in [0.25, 0.3) is 11.8 Å². The third-order valence-corrected chi connectivity index (χ3v) is 5.16. The Morgan fingerprint density at radius 2 is 1.53 bits per heavy atom. The molecule has 160 valence electrons. The Morgan fingerprint density at radius 1 is 0.933 bits per heavy atom. The fourth-order valence-electron chi connectivity index (χ4n) is 3.71. The molecule has 30 heavy (non-hydrogen) atoms. The van der Waals surface area contributed by atoms with Crippen molar-refractivity contribution in [1.82, 2.24) is 10.6 Å². The summed E-state index contributed by atoms with van der Waals surface area (Å²) in [5.74, 6) is 0.395. The smallest absolute Gasteiger partial charge is 0.255 e. The van der Waals surface area contributed by atoms with Gasteiger partial charge in [0.05, 0.1) is 18.2 Å². The minimum atomic E-state index is -0.292. The van der Waals surface area contributed by atoms with Crippen molar-refractivity contribution >= 4 is 17.5 Å². The first-order valence-corrected chi connectivity index (χ1v) is 10.4. The van der Waals surface area contributed by atoms with Crippen molar-refractivity contribution < 1.29 is 14.3 Å². The number of rotatable bonds is 5. The molecule has 2 aromatic carbocycles. The molecule has 6 heteroatoms. The lowest BCUT2D eigenvalue weighted by atomic mass is 10.0. The van der Waals surface area contributed by atoms with Gasteiger partial charge in [-0.15, -0.1) is 0 Å². The predicted molar refractivity (Wildman–Crippen MR) is 119 cm³/mol. The Morgan fingerprint density at radius 3 is 2.17 bits per heavy atom. The molecule has 1 aliphatic heterocycles. The van der Waals surface area contributed by atoms with Crippen LogP contribution in [0.5, 0.6) is 5.75 Å². The van der Waals surface area contributed by atoms with Crippen molar-refractivity contribution in [3.63, 3.8) is 0 Å². The van der Waals surface area contributed by atoms with Gasteiger partial charge in [0.1, 0.15) is 5.75 Å². The Hall–Kier alpha value is -3.02. The van der Waals surface area contributed by atoms with Crippen LogP contribution in [0.25, 0.3) is 0 Å². The van der Waals surface area contributed by atoms with E-state index in [4.69, 9.17) is 4.74 Å². The van der Waals surface area contributed by atoms with Gasteiger partial charge in [-0.25, -0.2) is 0 Å². The topological polar surface area (TPSA) is 70.7 Å². The first-order valence-electron chi connectivity index (χ1n) is 10.4. The van der Waals surface area contributed by atoms with Gasteiger partial charge in [-0.2, -0.15) is 0 Å². The number of methoxy groups -OCH3 is 1. The molecule has 1 heterocycles. The molecule has 0 atom stereocenters. The summed E-state index contributed by atoms with van der Waals surface area (Å²) < 4.78 is 5.29. The summed E-state index contributed by atoms with van der Waals surface area (Å²) in [5, 5.41) is 6.17. The van der Waals surface area contributed by atoms with E-state index >= 15 is 0 Å². The number of hydrogen-bond donors (Lipinski definition) is 2. The summed E-state index contributed by atoms with van der Waals surface area (Å²) in [6.07, 6.45) is 1.63. The van der Waals surface area contributed by atoms with Gasteiger partial charge in [-0.1, -0.05) is 24.3 Å². The molecule has 2 aromatic rings. The molecule has 2 amide bonds. The maximum atomic E-state index is 12.7. The van der Waals surface area contributed by atoms with E-state index in [9.17, 15) is 9.59 Å². The average Bonchev–Trinajstić information content (AvgIpc) is 2.73. The predicted octanol–water partition coefficient (Wildman–Crippen LogP) is 3.62. The molecule has 0 aromatic heterocycles. The lowest BCUT2D eigenvalue weighted by Crippen LogP contribution is -2.46. The molecule has 2 N–H and O–H groups in total. The summed E-state index contributed by atoms with van der Waals surface area (Å²) in [5.41, 5.74) is 1.88. The van der Waals surface area contributed by atoms with Gasteiger partial charge in [0.15, 0.2) is 0 Å². The zero-order valence-electron chi connectivity index (χ0n) is 18.2. The van der Waals surface area contributed by atoms with Crippen LogP contribution in [-0.4, -0.2) is 43.6 Å². The quantitative estimate of drug-likeness (QED) is 0.791. The molecule has 0 bridgehead atoms. The van der Waals surface area contributed by atoms with Crippen LogP contribution in [0.3, 0.4) is 0 Å². The van der Waals surface area contributed by atoms with Crippen LogP contribution in [-0.2, 0) is 0 Å². The maximum absolute atomic E-state index is 12.7. The zero-order valence-corrected chi connectivity index (χ0v) is 18.2. The maximum Gasteiger partial charge on any atom is 0.255 e. The number of para-hydroxylation sites is 2. The van der Waals surface area contributed by atoms with Gasteiger partial charge >= 0.3 is 0 Å². The number of carbonyl (C=O) groups is 2. The highest BCUT2D eigenvalue weighted by molar-refractivity contribution is 6.00. The number of benzene rings is 2. The van der Waals surface area contributed by atoms with Gasteiger partial charge in [0, 0.05) is 30.4 Å². The second-order valence-corrected chi connectivity index (χ2v) is 8.66. The number of hydrogen-bond acceptors (Lipinski definition) is 4. The number of nitrogens with zero attached hydrogens (tertiary/aromatic N) is 1. The monoisotopic (exact) mass is 409 g/mol. The summed E-state index contributed by atoms with van der Waals surface area (Å²) in [4.78, 5) is 27.6. The molecule has 0 unspecified atom stereocenters. The summed E-state index contributed by atoms with van der Waals surface area (Å²) in [6.45, 7) is 7.48. The third kappa shape index (κ3) is 5.32. The fraction of sp³-hybridized carbons (Fsp3) is 0.417. The van der Waals surface area contributed by atoms with Crippen LogP contribution in [0.1, 0.15) is 54.3 Å². The van der Waals surface area contributed by atoms with Crippen LogP contribution in [0.4, 0.5) is 5.69 Å². The molecule has 1 fully saturated rings. The molecular weight excluding hydrogens is 378 g/mol. The van der Waals surface area contributed by atoms with Crippen LogP contribution in [0.15, 0.2) is 48.5 Å². The van der Waals surface area contributed by atoms with Crippen molar-refractivity contribution in [2.45, 2.75) is 45.2 Å². The van der Waals surface area contributed by atoms with Gasteiger partial charge in [-0.3, -0.25) is 9.59 Å². The van der Waals surface area contributed by atoms with Crippen molar-refractivity contribution in [3.05, 3.63) is 59.7 Å². The standard InChI is InChI=1S/C24H31N3O3/c1-24(2,3)26-23(29)18-9-5-7-11-20(18)27-15-13-17(14-16-27)25-22(28)19-10-6-8-12-21(19)30-4/h5-12,17H,13-16H2,1-4H3,(H,25,28)(H,26,29). The van der Waals surface area contributed by atoms with E-state index in [2.05, 4.69) is 15.5 Å². The molecule has 0 spiro atoms. The molecular formula is C24H31N3O3. The molecule has 1 saturated heterocycles. The lowest BCUT2D eigenvalue weighted by molar-refractivity contribution is 0.0916. The third-order valence-electron chi connectivity index (χ3n) is 5.16. The zero-order chi connectivity index (χ0) is 21.7. The highest BCUT2D eigenvalue weighted by Gasteiger charge is 2.25. The normalized spacial score (nSPS) is 14.9. The number of nitrogens with one attached hydrogen (secondary N) is 2.